The van der Waals surface area contributed by atoms with Crippen molar-refractivity contribution in [2.24, 2.45) is 5.92 Å². The van der Waals surface area contributed by atoms with Crippen LogP contribution in [0.15, 0.2) is 42.5 Å². The highest BCUT2D eigenvalue weighted by molar-refractivity contribution is 6.28. The second-order valence-electron chi connectivity index (χ2n) is 11.0. The second kappa shape index (κ2) is 12.4. The molecule has 1 aliphatic heterocycles. The van der Waals surface area contributed by atoms with Crippen molar-refractivity contribution in [3.05, 3.63) is 53.6 Å². The van der Waals surface area contributed by atoms with Crippen LogP contribution in [-0.2, 0) is 29.6 Å². The molecule has 1 unspecified atom stereocenters. The van der Waals surface area contributed by atoms with E-state index in [0.717, 1.165) is 29.2 Å². The van der Waals surface area contributed by atoms with Gasteiger partial charge in [0, 0.05) is 12.2 Å². The molecule has 1 fully saturated rings. The van der Waals surface area contributed by atoms with Gasteiger partial charge in [0.1, 0.15) is 17.4 Å². The number of hydrogen-bond donors (Lipinski definition) is 2. The molecule has 204 valence electrons. The average Bonchev–Trinajstić information content (AvgIpc) is 2.86. The smallest absolute Gasteiger partial charge is 0.325 e. The van der Waals surface area contributed by atoms with E-state index in [-0.39, 0.29) is 5.92 Å². The fourth-order valence-corrected chi connectivity index (χ4v) is 4.74. The van der Waals surface area contributed by atoms with E-state index in [1.54, 1.807) is 20.8 Å². The number of ether oxygens (including phenoxy) is 2. The SMILES string of the molecule is CC(C)[C@H](NC1(c2cccc3ccccc23)CCCCO1)C(=O)N[C@@H](CC(=O)OC(C)(C)C)C(=O)C=[N+]=[N-]. The Bertz CT molecular complexity index is 1200. The summed E-state index contributed by atoms with van der Waals surface area (Å²) in [7, 11) is 0. The normalized spacial score (nSPS) is 19.3. The van der Waals surface area contributed by atoms with E-state index in [1.807, 2.05) is 56.3 Å². The lowest BCUT2D eigenvalue weighted by Crippen LogP contribution is -2.60. The Morgan fingerprint density at radius 2 is 1.84 bits per heavy atom. The van der Waals surface area contributed by atoms with Crippen molar-refractivity contribution in [2.75, 3.05) is 6.61 Å². The summed E-state index contributed by atoms with van der Waals surface area (Å²) < 4.78 is 11.8. The molecule has 2 N–H and O–H groups in total. The zero-order valence-electron chi connectivity index (χ0n) is 22.8. The van der Waals surface area contributed by atoms with Crippen LogP contribution in [-0.4, -0.2) is 53.0 Å². The van der Waals surface area contributed by atoms with Gasteiger partial charge in [0.2, 0.25) is 5.91 Å². The standard InChI is InChI=1S/C29H38N4O5/c1-19(2)26(27(36)32-23(24(34)18-31-30)17-25(35)38-28(3,4)5)33-29(15-8-9-16-37-29)22-14-10-12-20-11-6-7-13-21(20)22/h6-7,10-14,18-19,23,26,33H,8-9,15-17H2,1-5H3,(H,32,36)/t23-,26-,29?/m0/s1. The molecule has 1 aliphatic rings. The Kier molecular flexibility index (Phi) is 9.55. The minimum absolute atomic E-state index is 0.184. The van der Waals surface area contributed by atoms with Crippen LogP contribution in [0.3, 0.4) is 0 Å². The summed E-state index contributed by atoms with van der Waals surface area (Å²) in [4.78, 5) is 41.5. The van der Waals surface area contributed by atoms with Gasteiger partial charge in [-0.3, -0.25) is 19.7 Å². The molecular formula is C29H38N4O5. The van der Waals surface area contributed by atoms with Crippen LogP contribution in [0.4, 0.5) is 0 Å². The first kappa shape index (κ1) is 29.2. The average molecular weight is 523 g/mol. The monoisotopic (exact) mass is 522 g/mol. The van der Waals surface area contributed by atoms with Crippen LogP contribution in [0.5, 0.6) is 0 Å². The van der Waals surface area contributed by atoms with Crippen LogP contribution in [0.1, 0.15) is 65.9 Å². The number of benzene rings is 2. The minimum Gasteiger partial charge on any atom is -0.460 e. The van der Waals surface area contributed by atoms with Crippen LogP contribution in [0.2, 0.25) is 0 Å². The lowest BCUT2D eigenvalue weighted by molar-refractivity contribution is -0.156. The number of ketones is 1. The van der Waals surface area contributed by atoms with Gasteiger partial charge in [0.15, 0.2) is 0 Å². The lowest BCUT2D eigenvalue weighted by atomic mass is 9.88. The van der Waals surface area contributed by atoms with E-state index in [1.165, 1.54) is 0 Å². The van der Waals surface area contributed by atoms with Crippen molar-refractivity contribution < 1.29 is 28.6 Å². The predicted molar refractivity (Wildman–Crippen MR) is 144 cm³/mol. The number of esters is 1. The van der Waals surface area contributed by atoms with Crippen LogP contribution in [0.25, 0.3) is 16.3 Å². The number of nitrogens with one attached hydrogen (secondary N) is 2. The molecule has 3 rings (SSSR count). The van der Waals surface area contributed by atoms with Crippen molar-refractivity contribution in [1.29, 1.82) is 0 Å². The molecule has 9 nitrogen and oxygen atoms in total. The van der Waals surface area contributed by atoms with E-state index < -0.39 is 47.5 Å². The minimum atomic E-state index is -1.25. The molecule has 1 amide bonds. The molecule has 0 aliphatic carbocycles. The molecule has 0 bridgehead atoms. The Morgan fingerprint density at radius 1 is 1.13 bits per heavy atom. The number of Topliss-reactive ketones (excluding diaryl/α,β-unsaturated/α-hetero) is 1. The van der Waals surface area contributed by atoms with Crippen LogP contribution in [0, 0.1) is 5.92 Å². The fourth-order valence-electron chi connectivity index (χ4n) is 4.74. The van der Waals surface area contributed by atoms with Gasteiger partial charge in [0.25, 0.3) is 5.78 Å². The summed E-state index contributed by atoms with van der Waals surface area (Å²) >= 11 is 0. The maximum atomic E-state index is 13.6. The first-order valence-corrected chi connectivity index (χ1v) is 13.1. The zero-order chi connectivity index (χ0) is 27.9. The molecule has 9 heteroatoms. The van der Waals surface area contributed by atoms with E-state index in [0.29, 0.717) is 19.2 Å². The molecule has 0 radical (unpaired) electrons. The Morgan fingerprint density at radius 3 is 2.47 bits per heavy atom. The van der Waals surface area contributed by atoms with Gasteiger partial charge in [-0.2, -0.15) is 4.79 Å². The highest BCUT2D eigenvalue weighted by atomic mass is 16.6. The number of amides is 1. The Hall–Kier alpha value is -3.39. The number of carbonyl (C=O) groups is 3. The van der Waals surface area contributed by atoms with Gasteiger partial charge >= 0.3 is 12.2 Å². The van der Waals surface area contributed by atoms with Gasteiger partial charge < -0.3 is 20.3 Å². The maximum Gasteiger partial charge on any atom is 0.325 e. The first-order chi connectivity index (χ1) is 18.0. The van der Waals surface area contributed by atoms with Gasteiger partial charge in [0.05, 0.1) is 12.5 Å². The van der Waals surface area contributed by atoms with E-state index >= 15 is 0 Å². The molecule has 0 aromatic heterocycles. The van der Waals surface area contributed by atoms with Gasteiger partial charge in [-0.05, 0) is 56.7 Å². The van der Waals surface area contributed by atoms with Crippen LogP contribution < -0.4 is 10.6 Å². The van der Waals surface area contributed by atoms with E-state index in [4.69, 9.17) is 15.0 Å². The number of nitrogens with zero attached hydrogens (tertiary/aromatic N) is 2. The topological polar surface area (TPSA) is 130 Å². The quantitative estimate of drug-likeness (QED) is 0.211. The van der Waals surface area contributed by atoms with Crippen molar-refractivity contribution >= 4 is 34.6 Å². The first-order valence-electron chi connectivity index (χ1n) is 13.1. The van der Waals surface area contributed by atoms with E-state index in [9.17, 15) is 14.4 Å². The fraction of sp³-hybridized carbons (Fsp3) is 0.517. The molecule has 0 saturated carbocycles. The third-order valence-corrected chi connectivity index (χ3v) is 6.47. The summed E-state index contributed by atoms with van der Waals surface area (Å²) in [6, 6.07) is 12.1. The maximum absolute atomic E-state index is 13.6. The van der Waals surface area contributed by atoms with Gasteiger partial charge in [-0.15, -0.1) is 0 Å². The largest absolute Gasteiger partial charge is 0.460 e. The molecular weight excluding hydrogens is 484 g/mol. The number of fused-ring (bicyclic) bond motifs is 1. The Balaban J connectivity index is 1.92. The molecule has 2 aromatic carbocycles. The number of rotatable bonds is 10. The third-order valence-electron chi connectivity index (χ3n) is 6.47. The second-order valence-corrected chi connectivity index (χ2v) is 11.0. The molecule has 0 spiro atoms. The third kappa shape index (κ3) is 7.34. The number of carbonyl (C=O) groups excluding carboxylic acids is 3. The molecule has 1 saturated heterocycles. The van der Waals surface area contributed by atoms with Crippen molar-refractivity contribution in [3.63, 3.8) is 0 Å². The van der Waals surface area contributed by atoms with Crippen molar-refractivity contribution in [2.45, 2.75) is 83.7 Å². The highest BCUT2D eigenvalue weighted by Gasteiger charge is 2.41. The predicted octanol–water partition coefficient (Wildman–Crippen LogP) is 3.89. The molecule has 1 heterocycles. The molecule has 38 heavy (non-hydrogen) atoms. The summed E-state index contributed by atoms with van der Waals surface area (Å²) in [5.74, 6) is -2.02. The molecule has 3 atom stereocenters. The van der Waals surface area contributed by atoms with Gasteiger partial charge in [-0.1, -0.05) is 56.3 Å². The zero-order valence-corrected chi connectivity index (χ0v) is 22.8. The lowest BCUT2D eigenvalue weighted by Gasteiger charge is -2.42. The summed E-state index contributed by atoms with van der Waals surface area (Å²) in [5.41, 5.74) is 8.17. The van der Waals surface area contributed by atoms with E-state index in [2.05, 4.69) is 15.4 Å². The summed E-state index contributed by atoms with van der Waals surface area (Å²) in [6.45, 7) is 9.48. The van der Waals surface area contributed by atoms with Gasteiger partial charge in [-0.25, -0.2) is 0 Å². The Labute approximate surface area is 223 Å². The van der Waals surface area contributed by atoms with Crippen LogP contribution >= 0.6 is 0 Å². The molecule has 2 aromatic rings. The van der Waals surface area contributed by atoms with Crippen molar-refractivity contribution in [3.8, 4) is 0 Å². The van der Waals surface area contributed by atoms with Crippen molar-refractivity contribution in [1.82, 2.24) is 10.6 Å². The highest BCUT2D eigenvalue weighted by Crippen LogP contribution is 2.37. The summed E-state index contributed by atoms with van der Waals surface area (Å²) in [5, 5.41) is 8.28. The number of hydrogen-bond acceptors (Lipinski definition) is 6. The summed E-state index contributed by atoms with van der Waals surface area (Å²) in [6.07, 6.45) is 2.77.